The number of halogens is 2. The highest BCUT2D eigenvalue weighted by molar-refractivity contribution is 8.00. The van der Waals surface area contributed by atoms with Gasteiger partial charge in [0.2, 0.25) is 5.91 Å². The number of fused-ring (bicyclic) bond motifs is 1. The van der Waals surface area contributed by atoms with E-state index in [1.807, 2.05) is 13.0 Å². The second kappa shape index (κ2) is 8.93. The molecule has 1 aromatic heterocycles. The molecule has 3 rings (SSSR count). The number of nitrogens with one attached hydrogen (secondary N) is 1. The summed E-state index contributed by atoms with van der Waals surface area (Å²) in [5, 5.41) is 12.4. The summed E-state index contributed by atoms with van der Waals surface area (Å²) in [7, 11) is 0. The van der Waals surface area contributed by atoms with Crippen LogP contribution in [-0.4, -0.2) is 16.1 Å². The van der Waals surface area contributed by atoms with E-state index in [0.29, 0.717) is 28.6 Å². The lowest BCUT2D eigenvalue weighted by Gasteiger charge is -2.22. The van der Waals surface area contributed by atoms with Gasteiger partial charge in [-0.3, -0.25) is 4.79 Å². The van der Waals surface area contributed by atoms with Crippen LogP contribution in [0.2, 0.25) is 5.02 Å². The lowest BCUT2D eigenvalue weighted by atomic mass is 9.87. The Hall–Kier alpha value is -2.10. The van der Waals surface area contributed by atoms with Crippen LogP contribution in [-0.2, 0) is 17.6 Å². The van der Waals surface area contributed by atoms with Crippen LogP contribution in [0.3, 0.4) is 0 Å². The van der Waals surface area contributed by atoms with Gasteiger partial charge in [0.25, 0.3) is 0 Å². The first-order valence-electron chi connectivity index (χ1n) is 9.26. The first-order valence-corrected chi connectivity index (χ1v) is 10.5. The number of rotatable bonds is 5. The monoisotopic (exact) mass is 417 g/mol. The summed E-state index contributed by atoms with van der Waals surface area (Å²) in [5.74, 6) is -0.171. The van der Waals surface area contributed by atoms with Gasteiger partial charge >= 0.3 is 0 Å². The van der Waals surface area contributed by atoms with Crippen molar-refractivity contribution >= 4 is 35.0 Å². The molecule has 0 spiro atoms. The first kappa shape index (κ1) is 20.6. The SMILES string of the molecule is CCC(Sc1nc2c(cc1C#N)CC(C)CC2)C(=O)Nc1ccc(F)c(Cl)c1. The van der Waals surface area contributed by atoms with Gasteiger partial charge in [0.15, 0.2) is 0 Å². The van der Waals surface area contributed by atoms with Gasteiger partial charge in [-0.15, -0.1) is 0 Å². The highest BCUT2D eigenvalue weighted by Gasteiger charge is 2.24. The van der Waals surface area contributed by atoms with E-state index < -0.39 is 11.1 Å². The van der Waals surface area contributed by atoms with Gasteiger partial charge in [0.05, 0.1) is 15.8 Å². The average molecular weight is 418 g/mol. The summed E-state index contributed by atoms with van der Waals surface area (Å²) < 4.78 is 13.3. The number of hydrogen-bond donors (Lipinski definition) is 1. The molecule has 0 saturated carbocycles. The van der Waals surface area contributed by atoms with E-state index in [1.54, 1.807) is 0 Å². The van der Waals surface area contributed by atoms with Gasteiger partial charge < -0.3 is 5.32 Å². The zero-order valence-electron chi connectivity index (χ0n) is 15.8. The molecule has 2 aromatic rings. The second-order valence-corrected chi connectivity index (χ2v) is 8.64. The Labute approximate surface area is 173 Å². The summed E-state index contributed by atoms with van der Waals surface area (Å²) in [4.78, 5) is 17.4. The molecule has 1 N–H and O–H groups in total. The van der Waals surface area contributed by atoms with Crippen molar-refractivity contribution < 1.29 is 9.18 Å². The van der Waals surface area contributed by atoms with E-state index >= 15 is 0 Å². The maximum atomic E-state index is 13.3. The fraction of sp³-hybridized carbons (Fsp3) is 0.381. The highest BCUT2D eigenvalue weighted by Crippen LogP contribution is 2.32. The molecule has 1 aromatic carbocycles. The number of thioether (sulfide) groups is 1. The number of pyridine rings is 1. The van der Waals surface area contributed by atoms with E-state index in [1.165, 1.54) is 30.0 Å². The van der Waals surface area contributed by atoms with Gasteiger partial charge in [-0.05, 0) is 61.4 Å². The zero-order valence-corrected chi connectivity index (χ0v) is 17.3. The number of benzene rings is 1. The van der Waals surface area contributed by atoms with E-state index in [0.717, 1.165) is 30.5 Å². The Bertz CT molecular complexity index is 944. The highest BCUT2D eigenvalue weighted by atomic mass is 35.5. The maximum Gasteiger partial charge on any atom is 0.237 e. The Kier molecular flexibility index (Phi) is 6.58. The molecular formula is C21H21ClFN3OS. The summed E-state index contributed by atoms with van der Waals surface area (Å²) in [6.07, 6.45) is 3.48. The van der Waals surface area contributed by atoms with Crippen LogP contribution in [0.25, 0.3) is 0 Å². The zero-order chi connectivity index (χ0) is 20.3. The van der Waals surface area contributed by atoms with E-state index in [9.17, 15) is 14.4 Å². The van der Waals surface area contributed by atoms with Crippen LogP contribution in [0.4, 0.5) is 10.1 Å². The molecule has 0 saturated heterocycles. The number of nitrogens with zero attached hydrogens (tertiary/aromatic N) is 2. The van der Waals surface area contributed by atoms with Crippen LogP contribution in [0.15, 0.2) is 29.3 Å². The molecule has 1 heterocycles. The average Bonchev–Trinajstić information content (AvgIpc) is 2.68. The van der Waals surface area contributed by atoms with Gasteiger partial charge in [-0.2, -0.15) is 5.26 Å². The van der Waals surface area contributed by atoms with E-state index in [-0.39, 0.29) is 10.9 Å². The lowest BCUT2D eigenvalue weighted by Crippen LogP contribution is -2.25. The van der Waals surface area contributed by atoms with Crippen LogP contribution in [0.5, 0.6) is 0 Å². The number of aromatic nitrogens is 1. The fourth-order valence-corrected chi connectivity index (χ4v) is 4.43. The smallest absolute Gasteiger partial charge is 0.237 e. The number of carbonyl (C=O) groups is 1. The lowest BCUT2D eigenvalue weighted by molar-refractivity contribution is -0.115. The topological polar surface area (TPSA) is 65.8 Å². The summed E-state index contributed by atoms with van der Waals surface area (Å²) >= 11 is 7.08. The van der Waals surface area contributed by atoms with Crippen LogP contribution in [0.1, 0.15) is 43.5 Å². The minimum absolute atomic E-state index is 0.0455. The maximum absolute atomic E-state index is 13.3. The molecule has 0 bridgehead atoms. The number of aryl methyl sites for hydroxylation is 1. The molecular weight excluding hydrogens is 397 g/mol. The van der Waals surface area contributed by atoms with Gasteiger partial charge in [-0.1, -0.05) is 37.2 Å². The fourth-order valence-electron chi connectivity index (χ4n) is 3.25. The van der Waals surface area contributed by atoms with Crippen LogP contribution < -0.4 is 5.32 Å². The molecule has 0 radical (unpaired) electrons. The van der Waals surface area contributed by atoms with Crippen molar-refractivity contribution in [3.05, 3.63) is 51.9 Å². The molecule has 7 heteroatoms. The Morgan fingerprint density at radius 3 is 2.96 bits per heavy atom. The minimum Gasteiger partial charge on any atom is -0.325 e. The standard InChI is InChI=1S/C21H21ClFN3OS/c1-3-19(20(27)25-15-5-6-17(23)16(22)10-15)28-21-14(11-24)9-13-8-12(2)4-7-18(13)26-21/h5-6,9-10,12,19H,3-4,7-8H2,1-2H3,(H,25,27). The van der Waals surface area contributed by atoms with Crippen molar-refractivity contribution in [2.45, 2.75) is 49.8 Å². The Morgan fingerprint density at radius 1 is 1.50 bits per heavy atom. The Morgan fingerprint density at radius 2 is 2.29 bits per heavy atom. The van der Waals surface area contributed by atoms with Crippen molar-refractivity contribution in [3.8, 4) is 6.07 Å². The molecule has 146 valence electrons. The second-order valence-electron chi connectivity index (χ2n) is 7.04. The normalized spacial score (nSPS) is 16.8. The van der Waals surface area contributed by atoms with E-state index in [4.69, 9.17) is 16.6 Å². The van der Waals surface area contributed by atoms with Crippen molar-refractivity contribution in [1.82, 2.24) is 4.98 Å². The number of anilines is 1. The molecule has 1 aliphatic carbocycles. The molecule has 4 nitrogen and oxygen atoms in total. The molecule has 0 fully saturated rings. The van der Waals surface area contributed by atoms with Gasteiger partial charge in [-0.25, -0.2) is 9.37 Å². The van der Waals surface area contributed by atoms with Gasteiger partial charge in [0.1, 0.15) is 16.9 Å². The van der Waals surface area contributed by atoms with E-state index in [2.05, 4.69) is 18.3 Å². The third-order valence-electron chi connectivity index (χ3n) is 4.82. The number of hydrogen-bond acceptors (Lipinski definition) is 4. The molecule has 2 unspecified atom stereocenters. The predicted octanol–water partition coefficient (Wildman–Crippen LogP) is 5.38. The molecule has 2 atom stereocenters. The van der Waals surface area contributed by atoms with Crippen LogP contribution >= 0.6 is 23.4 Å². The summed E-state index contributed by atoms with van der Waals surface area (Å²) in [6.45, 7) is 4.11. The van der Waals surface area contributed by atoms with Crippen LogP contribution in [0, 0.1) is 23.1 Å². The summed E-state index contributed by atoms with van der Waals surface area (Å²) in [5.41, 5.74) is 3.11. The quantitative estimate of drug-likeness (QED) is 0.663. The minimum atomic E-state index is -0.535. The largest absolute Gasteiger partial charge is 0.325 e. The first-order chi connectivity index (χ1) is 13.4. The number of nitriles is 1. The third kappa shape index (κ3) is 4.65. The summed E-state index contributed by atoms with van der Waals surface area (Å²) in [6, 6.07) is 8.20. The van der Waals surface area contributed by atoms with Crippen molar-refractivity contribution in [2.75, 3.05) is 5.32 Å². The predicted molar refractivity (Wildman–Crippen MR) is 110 cm³/mol. The Balaban J connectivity index is 1.79. The molecule has 1 amide bonds. The third-order valence-corrected chi connectivity index (χ3v) is 6.48. The molecule has 28 heavy (non-hydrogen) atoms. The van der Waals surface area contributed by atoms with Gasteiger partial charge in [0, 0.05) is 11.4 Å². The van der Waals surface area contributed by atoms with Crippen molar-refractivity contribution in [2.24, 2.45) is 5.92 Å². The number of amides is 1. The number of carbonyl (C=O) groups excluding carboxylic acids is 1. The van der Waals surface area contributed by atoms with Crippen molar-refractivity contribution in [1.29, 1.82) is 5.26 Å². The molecule has 0 aliphatic heterocycles. The molecule has 1 aliphatic rings. The van der Waals surface area contributed by atoms with Crippen molar-refractivity contribution in [3.63, 3.8) is 0 Å².